The Morgan fingerprint density at radius 1 is 1.31 bits per heavy atom. The van der Waals surface area contributed by atoms with E-state index in [-0.39, 0.29) is 17.8 Å². The van der Waals surface area contributed by atoms with Gasteiger partial charge in [-0.05, 0) is 57.2 Å². The smallest absolute Gasteiger partial charge is 0.341 e. The summed E-state index contributed by atoms with van der Waals surface area (Å²) in [4.78, 5) is 26.3. The number of hydrogen-bond donors (Lipinski definition) is 1. The molecule has 0 fully saturated rings. The van der Waals surface area contributed by atoms with Crippen molar-refractivity contribution in [2.24, 2.45) is 0 Å². The first-order chi connectivity index (χ1) is 17.3. The first kappa shape index (κ1) is 26.0. The molecule has 0 spiro atoms. The number of thiophene rings is 1. The third-order valence-electron chi connectivity index (χ3n) is 5.95. The molecule has 1 atom stereocenters. The molecule has 0 aliphatic heterocycles. The summed E-state index contributed by atoms with van der Waals surface area (Å²) >= 11 is 2.74. The maximum absolute atomic E-state index is 12.8. The molecule has 0 saturated carbocycles. The number of amides is 1. The maximum atomic E-state index is 12.8. The Balaban J connectivity index is 1.45. The number of anilines is 1. The van der Waals surface area contributed by atoms with Gasteiger partial charge in [-0.1, -0.05) is 35.5 Å². The van der Waals surface area contributed by atoms with Crippen molar-refractivity contribution < 1.29 is 19.1 Å². The predicted molar refractivity (Wildman–Crippen MR) is 142 cm³/mol. The molecule has 1 amide bonds. The number of fused-ring (bicyclic) bond motifs is 1. The van der Waals surface area contributed by atoms with Crippen LogP contribution in [0.4, 0.5) is 5.00 Å². The van der Waals surface area contributed by atoms with E-state index in [4.69, 9.17) is 9.47 Å². The number of rotatable bonds is 10. The summed E-state index contributed by atoms with van der Waals surface area (Å²) in [6, 6.07) is 6.04. The molecule has 1 N–H and O–H groups in total. The van der Waals surface area contributed by atoms with Gasteiger partial charge in [0.1, 0.15) is 10.8 Å². The van der Waals surface area contributed by atoms with Gasteiger partial charge in [-0.3, -0.25) is 9.36 Å². The molecule has 10 heteroatoms. The molecule has 1 aliphatic carbocycles. The van der Waals surface area contributed by atoms with Gasteiger partial charge in [0.15, 0.2) is 17.1 Å². The number of benzene rings is 1. The van der Waals surface area contributed by atoms with Crippen LogP contribution in [0, 0.1) is 13.8 Å². The van der Waals surface area contributed by atoms with E-state index in [0.717, 1.165) is 41.0 Å². The summed E-state index contributed by atoms with van der Waals surface area (Å²) in [5, 5.41) is 12.7. The molecule has 8 nitrogen and oxygen atoms in total. The monoisotopic (exact) mass is 526 g/mol. The van der Waals surface area contributed by atoms with Crippen LogP contribution >= 0.6 is 23.1 Å². The number of ether oxygens (including phenoxy) is 2. The van der Waals surface area contributed by atoms with Gasteiger partial charge in [-0.15, -0.1) is 28.1 Å². The lowest BCUT2D eigenvalue weighted by atomic mass is 10.1. The number of hydrogen-bond acceptors (Lipinski definition) is 8. The van der Waals surface area contributed by atoms with E-state index in [2.05, 4.69) is 28.2 Å². The molecule has 0 bridgehead atoms. The van der Waals surface area contributed by atoms with E-state index in [1.54, 1.807) is 6.08 Å². The number of carbonyl (C=O) groups excluding carboxylic acids is 2. The molecule has 0 saturated heterocycles. The van der Waals surface area contributed by atoms with Gasteiger partial charge in [0.2, 0.25) is 5.91 Å². The fraction of sp³-hybridized carbons (Fsp3) is 0.385. The van der Waals surface area contributed by atoms with Gasteiger partial charge in [0.25, 0.3) is 0 Å². The van der Waals surface area contributed by atoms with Crippen molar-refractivity contribution >= 4 is 40.0 Å². The molecular formula is C26H30N4O4S2. The number of esters is 1. The minimum atomic E-state index is -0.412. The Kier molecular flexibility index (Phi) is 8.15. The molecule has 36 heavy (non-hydrogen) atoms. The number of aryl methyl sites for hydroxylation is 3. The summed E-state index contributed by atoms with van der Waals surface area (Å²) in [5.41, 5.74) is 3.71. The highest BCUT2D eigenvalue weighted by Gasteiger charge is 2.28. The summed E-state index contributed by atoms with van der Waals surface area (Å²) in [6.07, 6.45) is 4.18. The third-order valence-corrected chi connectivity index (χ3v) is 8.13. The first-order valence-electron chi connectivity index (χ1n) is 11.8. The highest BCUT2D eigenvalue weighted by atomic mass is 32.2. The van der Waals surface area contributed by atoms with Gasteiger partial charge >= 0.3 is 5.97 Å². The Morgan fingerprint density at radius 2 is 2.11 bits per heavy atom. The lowest BCUT2D eigenvalue weighted by molar-refractivity contribution is -0.113. The summed E-state index contributed by atoms with van der Waals surface area (Å²) in [5.74, 6) is 0.925. The summed E-state index contributed by atoms with van der Waals surface area (Å²) in [6.45, 7) is 10.3. The number of carbonyl (C=O) groups is 2. The van der Waals surface area contributed by atoms with Gasteiger partial charge in [-0.2, -0.15) is 0 Å². The van der Waals surface area contributed by atoms with Crippen molar-refractivity contribution in [2.45, 2.75) is 57.8 Å². The van der Waals surface area contributed by atoms with Crippen molar-refractivity contribution in [1.82, 2.24) is 14.8 Å². The van der Waals surface area contributed by atoms with Crippen molar-refractivity contribution in [3.05, 3.63) is 63.8 Å². The van der Waals surface area contributed by atoms with Gasteiger partial charge < -0.3 is 14.8 Å². The second-order valence-electron chi connectivity index (χ2n) is 8.66. The fourth-order valence-electron chi connectivity index (χ4n) is 4.29. The van der Waals surface area contributed by atoms with Crippen LogP contribution in [0.2, 0.25) is 0 Å². The van der Waals surface area contributed by atoms with E-state index >= 15 is 0 Å². The van der Waals surface area contributed by atoms with Crippen LogP contribution < -0.4 is 10.1 Å². The number of nitrogens with zero attached hydrogens (tertiary/aromatic N) is 3. The van der Waals surface area contributed by atoms with Gasteiger partial charge in [0.05, 0.1) is 18.4 Å². The Bertz CT molecular complexity index is 1300. The number of nitrogens with one attached hydrogen (secondary N) is 1. The standard InChI is InChI=1S/C26H30N4O4S2/c1-6-12-30-23(17(4)34-19-11-10-15(2)13-16(19)3)28-29-26(30)35-14-21(31)27-24-22(25(32)33-5)18-8-7-9-20(18)36-24/h6,10-11,13,17H,1,7-9,12,14H2,2-5H3,(H,27,31). The highest BCUT2D eigenvalue weighted by molar-refractivity contribution is 7.99. The normalized spacial score (nSPS) is 13.2. The van der Waals surface area contributed by atoms with E-state index in [9.17, 15) is 9.59 Å². The second-order valence-corrected chi connectivity index (χ2v) is 10.7. The predicted octanol–water partition coefficient (Wildman–Crippen LogP) is 5.29. The van der Waals surface area contributed by atoms with Crippen LogP contribution in [0.25, 0.3) is 0 Å². The van der Waals surface area contributed by atoms with E-state index in [1.807, 2.05) is 37.5 Å². The molecule has 1 aromatic carbocycles. The second kappa shape index (κ2) is 11.3. The molecule has 0 radical (unpaired) electrons. The SMILES string of the molecule is C=CCn1c(SCC(=O)Nc2sc3c(c2C(=O)OC)CCC3)nnc1C(C)Oc1ccc(C)cc1C. The molecule has 1 aliphatic rings. The van der Waals surface area contributed by atoms with E-state index in [1.165, 1.54) is 35.8 Å². The van der Waals surface area contributed by atoms with Crippen LogP contribution in [-0.4, -0.2) is 39.5 Å². The number of aromatic nitrogens is 3. The Labute approximate surface area is 219 Å². The Morgan fingerprint density at radius 3 is 2.83 bits per heavy atom. The van der Waals surface area contributed by atoms with Crippen molar-refractivity contribution in [3.8, 4) is 5.75 Å². The molecular weight excluding hydrogens is 496 g/mol. The zero-order valence-electron chi connectivity index (χ0n) is 20.9. The van der Waals surface area contributed by atoms with Gasteiger partial charge in [0, 0.05) is 11.4 Å². The number of thioether (sulfide) groups is 1. The fourth-order valence-corrected chi connectivity index (χ4v) is 6.33. The summed E-state index contributed by atoms with van der Waals surface area (Å²) < 4.78 is 13.0. The van der Waals surface area contributed by atoms with E-state index in [0.29, 0.717) is 28.1 Å². The average molecular weight is 527 g/mol. The van der Waals surface area contributed by atoms with Crippen molar-refractivity contribution in [1.29, 1.82) is 0 Å². The molecule has 1 unspecified atom stereocenters. The van der Waals surface area contributed by atoms with E-state index < -0.39 is 5.97 Å². The van der Waals surface area contributed by atoms with Crippen LogP contribution in [0.1, 0.15) is 57.2 Å². The molecule has 4 rings (SSSR count). The molecule has 3 aromatic rings. The zero-order valence-corrected chi connectivity index (χ0v) is 22.6. The topological polar surface area (TPSA) is 95.3 Å². The van der Waals surface area contributed by atoms with Crippen molar-refractivity contribution in [3.63, 3.8) is 0 Å². The first-order valence-corrected chi connectivity index (χ1v) is 13.6. The molecule has 190 valence electrons. The molecule has 2 aromatic heterocycles. The van der Waals surface area contributed by atoms with Crippen molar-refractivity contribution in [2.75, 3.05) is 18.2 Å². The Hall–Kier alpha value is -3.11. The minimum absolute atomic E-state index is 0.116. The minimum Gasteiger partial charge on any atom is -0.482 e. The van der Waals surface area contributed by atoms with Crippen LogP contribution in [0.3, 0.4) is 0 Å². The maximum Gasteiger partial charge on any atom is 0.341 e. The lowest BCUT2D eigenvalue weighted by Gasteiger charge is -2.17. The highest BCUT2D eigenvalue weighted by Crippen LogP contribution is 2.39. The zero-order chi connectivity index (χ0) is 25.8. The third kappa shape index (κ3) is 5.49. The van der Waals surface area contributed by atoms with Crippen LogP contribution in [0.5, 0.6) is 5.75 Å². The number of methoxy groups -OCH3 is 1. The average Bonchev–Trinajstić information content (AvgIpc) is 3.54. The largest absolute Gasteiger partial charge is 0.482 e. The van der Waals surface area contributed by atoms with Crippen LogP contribution in [0.15, 0.2) is 36.0 Å². The quantitative estimate of drug-likeness (QED) is 0.218. The number of allylic oxidation sites excluding steroid dienone is 1. The lowest BCUT2D eigenvalue weighted by Crippen LogP contribution is -2.17. The molecule has 2 heterocycles. The summed E-state index contributed by atoms with van der Waals surface area (Å²) in [7, 11) is 1.36. The van der Waals surface area contributed by atoms with Gasteiger partial charge in [-0.25, -0.2) is 4.79 Å². The van der Waals surface area contributed by atoms with Crippen LogP contribution in [-0.2, 0) is 28.9 Å².